The minimum atomic E-state index is -0.734. The van der Waals surface area contributed by atoms with Gasteiger partial charge in [0, 0.05) is 12.1 Å². The van der Waals surface area contributed by atoms with Crippen molar-refractivity contribution in [2.45, 2.75) is 40.3 Å². The summed E-state index contributed by atoms with van der Waals surface area (Å²) in [6.45, 7) is 8.50. The van der Waals surface area contributed by atoms with Crippen molar-refractivity contribution in [1.82, 2.24) is 4.57 Å². The fourth-order valence-electron chi connectivity index (χ4n) is 5.05. The Bertz CT molecular complexity index is 1960. The van der Waals surface area contributed by atoms with Crippen molar-refractivity contribution in [2.75, 3.05) is 19.8 Å². The fourth-order valence-corrected chi connectivity index (χ4v) is 6.09. The summed E-state index contributed by atoms with van der Waals surface area (Å²) in [6, 6.07) is 18.1. The average Bonchev–Trinajstić information content (AvgIpc) is 3.34. The highest BCUT2D eigenvalue weighted by molar-refractivity contribution is 7.07. The minimum Gasteiger partial charge on any atom is -0.494 e. The molecule has 12 heteroatoms. The molecule has 1 aliphatic rings. The molecule has 1 aliphatic heterocycles. The number of hydrogen-bond acceptors (Lipinski definition) is 10. The Labute approximate surface area is 268 Å². The average molecular weight is 644 g/mol. The van der Waals surface area contributed by atoms with Crippen LogP contribution in [-0.2, 0) is 16.1 Å². The predicted molar refractivity (Wildman–Crippen MR) is 173 cm³/mol. The summed E-state index contributed by atoms with van der Waals surface area (Å²) in [5.74, 6) is 1.13. The zero-order valence-electron chi connectivity index (χ0n) is 25.8. The fraction of sp³-hybridized carbons (Fsp3) is 0.265. The smallest absolute Gasteiger partial charge is 0.338 e. The molecule has 0 saturated carbocycles. The molecule has 4 aromatic rings. The molecular formula is C34H33N3O8S. The maximum absolute atomic E-state index is 14.0. The highest BCUT2D eigenvalue weighted by Gasteiger charge is 2.33. The van der Waals surface area contributed by atoms with Gasteiger partial charge in [0.25, 0.3) is 11.2 Å². The van der Waals surface area contributed by atoms with Crippen LogP contribution in [0.2, 0.25) is 0 Å². The first-order valence-corrected chi connectivity index (χ1v) is 15.6. The van der Waals surface area contributed by atoms with Crippen LogP contribution in [0.4, 0.5) is 5.69 Å². The van der Waals surface area contributed by atoms with Gasteiger partial charge >= 0.3 is 5.97 Å². The van der Waals surface area contributed by atoms with E-state index in [2.05, 4.69) is 4.99 Å². The lowest BCUT2D eigenvalue weighted by Crippen LogP contribution is -2.39. The van der Waals surface area contributed by atoms with Gasteiger partial charge < -0.3 is 18.9 Å². The summed E-state index contributed by atoms with van der Waals surface area (Å²) < 4.78 is 24.8. The number of fused-ring (bicyclic) bond motifs is 1. The Hall–Kier alpha value is -5.23. The van der Waals surface area contributed by atoms with Gasteiger partial charge in [-0.15, -0.1) is 0 Å². The lowest BCUT2D eigenvalue weighted by atomic mass is 9.96. The zero-order chi connectivity index (χ0) is 32.8. The topological polar surface area (TPSA) is 131 Å². The van der Waals surface area contributed by atoms with E-state index in [1.54, 1.807) is 44.2 Å². The Morgan fingerprint density at radius 2 is 1.67 bits per heavy atom. The number of carbonyl (C=O) groups excluding carboxylic acids is 1. The first-order valence-electron chi connectivity index (χ1n) is 14.8. The van der Waals surface area contributed by atoms with Crippen LogP contribution in [0.1, 0.15) is 50.4 Å². The van der Waals surface area contributed by atoms with Gasteiger partial charge in [0.1, 0.15) is 12.4 Å². The Morgan fingerprint density at radius 1 is 0.957 bits per heavy atom. The zero-order valence-corrected chi connectivity index (χ0v) is 26.7. The third-order valence-electron chi connectivity index (χ3n) is 7.13. The van der Waals surface area contributed by atoms with E-state index < -0.39 is 16.9 Å². The van der Waals surface area contributed by atoms with Gasteiger partial charge in [-0.05, 0) is 86.9 Å². The first kappa shape index (κ1) is 32.2. The maximum atomic E-state index is 14.0. The summed E-state index contributed by atoms with van der Waals surface area (Å²) in [5.41, 5.74) is 2.69. The van der Waals surface area contributed by atoms with E-state index in [0.717, 1.165) is 11.1 Å². The van der Waals surface area contributed by atoms with Crippen molar-refractivity contribution >= 4 is 29.1 Å². The molecule has 5 rings (SSSR count). The lowest BCUT2D eigenvalue weighted by Gasteiger charge is -2.24. The molecule has 0 saturated heterocycles. The molecule has 1 atom stereocenters. The number of aromatic nitrogens is 1. The number of nitrogens with zero attached hydrogens (tertiary/aromatic N) is 3. The number of hydrogen-bond donors (Lipinski definition) is 0. The van der Waals surface area contributed by atoms with Crippen LogP contribution in [0, 0.1) is 10.1 Å². The van der Waals surface area contributed by atoms with Gasteiger partial charge in [0.2, 0.25) is 0 Å². The quantitative estimate of drug-likeness (QED) is 0.119. The van der Waals surface area contributed by atoms with E-state index in [9.17, 15) is 19.7 Å². The van der Waals surface area contributed by atoms with E-state index in [4.69, 9.17) is 18.9 Å². The molecule has 0 bridgehead atoms. The van der Waals surface area contributed by atoms with Crippen molar-refractivity contribution in [3.8, 4) is 17.2 Å². The number of ether oxygens (including phenoxy) is 4. The second-order valence-electron chi connectivity index (χ2n) is 10.2. The third kappa shape index (κ3) is 6.86. The van der Waals surface area contributed by atoms with E-state index in [1.807, 2.05) is 44.2 Å². The number of thiazole rings is 1. The normalized spacial score (nSPS) is 14.3. The third-order valence-corrected chi connectivity index (χ3v) is 8.11. The van der Waals surface area contributed by atoms with E-state index in [1.165, 1.54) is 28.0 Å². The van der Waals surface area contributed by atoms with Crippen molar-refractivity contribution in [1.29, 1.82) is 0 Å². The van der Waals surface area contributed by atoms with Gasteiger partial charge in [-0.1, -0.05) is 29.5 Å². The van der Waals surface area contributed by atoms with Crippen LogP contribution in [0.3, 0.4) is 0 Å². The molecule has 1 aromatic heterocycles. The summed E-state index contributed by atoms with van der Waals surface area (Å²) in [7, 11) is 0. The van der Waals surface area contributed by atoms with Gasteiger partial charge in [-0.2, -0.15) is 0 Å². The summed E-state index contributed by atoms with van der Waals surface area (Å²) in [6.07, 6.45) is 1.76. The molecule has 0 spiro atoms. The highest BCUT2D eigenvalue weighted by atomic mass is 32.1. The van der Waals surface area contributed by atoms with Gasteiger partial charge in [0.15, 0.2) is 16.3 Å². The molecule has 0 unspecified atom stereocenters. The summed E-state index contributed by atoms with van der Waals surface area (Å²) in [4.78, 5) is 42.8. The second-order valence-corrected chi connectivity index (χ2v) is 11.2. The SMILES string of the molecule is CCOC(=O)C1=C(C)N=c2s/c(=C\c3ccc(OCc4ccc([N+](=O)[O-])cc4)c(OCC)c3)c(=O)n2[C@@H]1c1ccc(OCC)cc1. The maximum Gasteiger partial charge on any atom is 0.338 e. The molecule has 0 N–H and O–H groups in total. The van der Waals surface area contributed by atoms with E-state index in [0.29, 0.717) is 56.6 Å². The van der Waals surface area contributed by atoms with Crippen LogP contribution in [0.5, 0.6) is 17.2 Å². The van der Waals surface area contributed by atoms with E-state index >= 15 is 0 Å². The number of allylic oxidation sites excluding steroid dienone is 1. The molecule has 11 nitrogen and oxygen atoms in total. The van der Waals surface area contributed by atoms with Crippen molar-refractivity contribution in [3.63, 3.8) is 0 Å². The van der Waals surface area contributed by atoms with Crippen LogP contribution in [0.15, 0.2) is 87.8 Å². The Kier molecular flexibility index (Phi) is 9.97. The molecule has 238 valence electrons. The van der Waals surface area contributed by atoms with Crippen molar-refractivity contribution < 1.29 is 28.7 Å². The Morgan fingerprint density at radius 3 is 2.33 bits per heavy atom. The first-order chi connectivity index (χ1) is 22.2. The molecule has 3 aromatic carbocycles. The largest absolute Gasteiger partial charge is 0.494 e. The van der Waals surface area contributed by atoms with Gasteiger partial charge in [0.05, 0.1) is 46.6 Å². The number of nitro groups is 1. The number of benzene rings is 3. The monoisotopic (exact) mass is 643 g/mol. The predicted octanol–water partition coefficient (Wildman–Crippen LogP) is 5.08. The van der Waals surface area contributed by atoms with Crippen LogP contribution in [0.25, 0.3) is 6.08 Å². The molecule has 46 heavy (non-hydrogen) atoms. The molecule has 0 radical (unpaired) electrons. The molecule has 2 heterocycles. The number of non-ortho nitro benzene ring substituents is 1. The number of carbonyl (C=O) groups is 1. The standard InChI is InChI=1S/C34H33N3O8S/c1-5-42-26-15-11-24(12-16-26)31-30(33(39)44-7-3)21(4)35-34-36(31)32(38)29(46-34)19-23-10-17-27(28(18-23)43-6-2)45-20-22-8-13-25(14-9-22)37(40)41/h8-19,31H,5-7,20H2,1-4H3/b29-19-/t31-/m1/s1. The molecular weight excluding hydrogens is 610 g/mol. The van der Waals surface area contributed by atoms with Crippen LogP contribution >= 0.6 is 11.3 Å². The lowest BCUT2D eigenvalue weighted by molar-refractivity contribution is -0.384. The van der Waals surface area contributed by atoms with Gasteiger partial charge in [-0.3, -0.25) is 19.5 Å². The van der Waals surface area contributed by atoms with Crippen molar-refractivity contribution in [3.05, 3.63) is 124 Å². The summed E-state index contributed by atoms with van der Waals surface area (Å²) >= 11 is 1.23. The highest BCUT2D eigenvalue weighted by Crippen LogP contribution is 2.32. The number of nitro benzene ring substituents is 1. The van der Waals surface area contributed by atoms with Crippen LogP contribution < -0.4 is 29.1 Å². The number of rotatable bonds is 12. The van der Waals surface area contributed by atoms with Crippen molar-refractivity contribution in [2.24, 2.45) is 4.99 Å². The van der Waals surface area contributed by atoms with E-state index in [-0.39, 0.29) is 24.5 Å². The molecule has 0 aliphatic carbocycles. The Balaban J connectivity index is 1.51. The number of esters is 1. The van der Waals surface area contributed by atoms with Crippen LogP contribution in [-0.4, -0.2) is 35.3 Å². The van der Waals surface area contributed by atoms with Gasteiger partial charge in [-0.25, -0.2) is 9.79 Å². The second kappa shape index (κ2) is 14.2. The minimum absolute atomic E-state index is 0.00599. The molecule has 0 amide bonds. The molecule has 0 fully saturated rings. The summed E-state index contributed by atoms with van der Waals surface area (Å²) in [5, 5.41) is 10.9.